The number of halogens is 2. The van der Waals surface area contributed by atoms with Gasteiger partial charge in [-0.15, -0.1) is 0 Å². The Morgan fingerprint density at radius 1 is 0.760 bits per heavy atom. The molecule has 0 amide bonds. The van der Waals surface area contributed by atoms with Crippen molar-refractivity contribution in [2.24, 2.45) is 0 Å². The van der Waals surface area contributed by atoms with Crippen molar-refractivity contribution in [1.29, 1.82) is 0 Å². The molecule has 0 aliphatic carbocycles. The Bertz CT molecular complexity index is 1060. The lowest BCUT2D eigenvalue weighted by molar-refractivity contribution is 0.0967. The van der Waals surface area contributed by atoms with Gasteiger partial charge in [-0.3, -0.25) is 9.36 Å². The molecule has 0 unspecified atom stereocenters. The second-order valence-electron chi connectivity index (χ2n) is 5.74. The molecule has 122 valence electrons. The zero-order valence-electron chi connectivity index (χ0n) is 13.1. The summed E-state index contributed by atoms with van der Waals surface area (Å²) in [5.74, 6) is -0.0946. The molecular weight excluding hydrogens is 353 g/mol. The number of rotatable bonds is 2. The van der Waals surface area contributed by atoms with E-state index in [0.29, 0.717) is 15.6 Å². The minimum Gasteiger partial charge on any atom is -0.276 e. The van der Waals surface area contributed by atoms with Crippen LogP contribution in [0.2, 0.25) is 10.0 Å². The molecular formula is C21H13Cl2NO. The van der Waals surface area contributed by atoms with Crippen molar-refractivity contribution >= 4 is 40.0 Å². The van der Waals surface area contributed by atoms with Crippen LogP contribution in [0.1, 0.15) is 10.4 Å². The predicted molar refractivity (Wildman–Crippen MR) is 104 cm³/mol. The number of aromatic nitrogens is 1. The van der Waals surface area contributed by atoms with E-state index in [1.165, 1.54) is 0 Å². The Balaban J connectivity index is 1.94. The van der Waals surface area contributed by atoms with E-state index in [-0.39, 0.29) is 5.91 Å². The van der Waals surface area contributed by atoms with E-state index in [4.69, 9.17) is 23.2 Å². The molecule has 1 aromatic heterocycles. The van der Waals surface area contributed by atoms with E-state index in [1.807, 2.05) is 54.6 Å². The van der Waals surface area contributed by atoms with Gasteiger partial charge in [-0.2, -0.15) is 0 Å². The Morgan fingerprint density at radius 2 is 1.36 bits per heavy atom. The smallest absolute Gasteiger partial charge is 0.262 e. The van der Waals surface area contributed by atoms with Gasteiger partial charge in [0.2, 0.25) is 0 Å². The molecule has 2 nitrogen and oxygen atoms in total. The number of carbonyl (C=O) groups is 1. The maximum atomic E-state index is 13.2. The molecule has 0 spiro atoms. The summed E-state index contributed by atoms with van der Waals surface area (Å²) >= 11 is 12.0. The number of fused-ring (bicyclic) bond motifs is 1. The summed E-state index contributed by atoms with van der Waals surface area (Å²) in [5.41, 5.74) is 3.22. The van der Waals surface area contributed by atoms with Crippen molar-refractivity contribution in [3.8, 4) is 11.3 Å². The van der Waals surface area contributed by atoms with Crippen LogP contribution < -0.4 is 0 Å². The molecule has 0 aliphatic heterocycles. The van der Waals surface area contributed by atoms with Crippen LogP contribution in [0, 0.1) is 0 Å². The number of hydrogen-bond donors (Lipinski definition) is 0. The first-order valence-corrected chi connectivity index (χ1v) is 8.56. The fourth-order valence-electron chi connectivity index (χ4n) is 2.93. The van der Waals surface area contributed by atoms with E-state index in [9.17, 15) is 4.79 Å². The van der Waals surface area contributed by atoms with Gasteiger partial charge >= 0.3 is 0 Å². The van der Waals surface area contributed by atoms with Crippen molar-refractivity contribution in [3.63, 3.8) is 0 Å². The zero-order valence-corrected chi connectivity index (χ0v) is 14.6. The molecule has 4 rings (SSSR count). The molecule has 3 aromatic carbocycles. The quantitative estimate of drug-likeness (QED) is 0.408. The minimum absolute atomic E-state index is 0.0946. The first kappa shape index (κ1) is 15.9. The summed E-state index contributed by atoms with van der Waals surface area (Å²) in [6, 6.07) is 24.3. The highest BCUT2D eigenvalue weighted by molar-refractivity contribution is 6.31. The topological polar surface area (TPSA) is 22.0 Å². The lowest BCUT2D eigenvalue weighted by atomic mass is 10.1. The third-order valence-electron chi connectivity index (χ3n) is 4.15. The Labute approximate surface area is 155 Å². The third-order valence-corrected chi connectivity index (χ3v) is 4.65. The summed E-state index contributed by atoms with van der Waals surface area (Å²) in [6.45, 7) is 0. The molecule has 25 heavy (non-hydrogen) atoms. The minimum atomic E-state index is -0.0946. The Hall–Kier alpha value is -2.55. The van der Waals surface area contributed by atoms with Crippen molar-refractivity contribution in [1.82, 2.24) is 4.57 Å². The summed E-state index contributed by atoms with van der Waals surface area (Å²) in [6.07, 6.45) is 0. The van der Waals surface area contributed by atoms with Crippen LogP contribution in [-0.4, -0.2) is 10.5 Å². The second-order valence-corrected chi connectivity index (χ2v) is 6.62. The predicted octanol–water partition coefficient (Wildman–Crippen LogP) is 6.30. The molecule has 4 heteroatoms. The summed E-state index contributed by atoms with van der Waals surface area (Å²) in [4.78, 5) is 13.2. The molecule has 0 aliphatic rings. The highest BCUT2D eigenvalue weighted by Crippen LogP contribution is 2.30. The van der Waals surface area contributed by atoms with E-state index < -0.39 is 0 Å². The average molecular weight is 366 g/mol. The van der Waals surface area contributed by atoms with Crippen LogP contribution in [0.5, 0.6) is 0 Å². The van der Waals surface area contributed by atoms with Gasteiger partial charge in [0.05, 0.1) is 11.2 Å². The maximum Gasteiger partial charge on any atom is 0.262 e. The van der Waals surface area contributed by atoms with Gasteiger partial charge in [0.1, 0.15) is 0 Å². The van der Waals surface area contributed by atoms with Crippen LogP contribution in [0.15, 0.2) is 78.9 Å². The molecule has 0 fully saturated rings. The van der Waals surface area contributed by atoms with Crippen molar-refractivity contribution < 1.29 is 4.79 Å². The Morgan fingerprint density at radius 3 is 2.04 bits per heavy atom. The SMILES string of the molecule is O=C(c1ccc(Cl)cc1)n1c(-c2ccc(Cl)cc2)cc2ccccc21. The fraction of sp³-hybridized carbons (Fsp3) is 0. The van der Waals surface area contributed by atoms with Gasteiger partial charge in [0.15, 0.2) is 0 Å². The number of nitrogens with zero attached hydrogens (tertiary/aromatic N) is 1. The monoisotopic (exact) mass is 365 g/mol. The first-order chi connectivity index (χ1) is 12.1. The Kier molecular flexibility index (Phi) is 4.08. The van der Waals surface area contributed by atoms with Crippen LogP contribution >= 0.6 is 23.2 Å². The zero-order chi connectivity index (χ0) is 17.4. The van der Waals surface area contributed by atoms with E-state index in [0.717, 1.165) is 22.2 Å². The number of carbonyl (C=O) groups excluding carboxylic acids is 1. The molecule has 1 heterocycles. The first-order valence-electron chi connectivity index (χ1n) is 7.80. The molecule has 0 bridgehead atoms. The van der Waals surface area contributed by atoms with Crippen molar-refractivity contribution in [2.75, 3.05) is 0 Å². The van der Waals surface area contributed by atoms with Crippen molar-refractivity contribution in [2.45, 2.75) is 0 Å². The third kappa shape index (κ3) is 2.95. The van der Waals surface area contributed by atoms with Gasteiger partial charge in [-0.25, -0.2) is 0 Å². The maximum absolute atomic E-state index is 13.2. The summed E-state index contributed by atoms with van der Waals surface area (Å²) < 4.78 is 1.74. The largest absolute Gasteiger partial charge is 0.276 e. The van der Waals surface area contributed by atoms with Gasteiger partial charge < -0.3 is 0 Å². The summed E-state index contributed by atoms with van der Waals surface area (Å²) in [7, 11) is 0. The fourth-order valence-corrected chi connectivity index (χ4v) is 3.18. The number of para-hydroxylation sites is 1. The highest BCUT2D eigenvalue weighted by Gasteiger charge is 2.17. The van der Waals surface area contributed by atoms with Gasteiger partial charge in [0.25, 0.3) is 5.91 Å². The molecule has 0 N–H and O–H groups in total. The van der Waals surface area contributed by atoms with Crippen molar-refractivity contribution in [3.05, 3.63) is 94.5 Å². The van der Waals surface area contributed by atoms with Crippen LogP contribution in [0.25, 0.3) is 22.2 Å². The highest BCUT2D eigenvalue weighted by atomic mass is 35.5. The summed E-state index contributed by atoms with van der Waals surface area (Å²) in [5, 5.41) is 2.28. The number of hydrogen-bond acceptors (Lipinski definition) is 1. The lowest BCUT2D eigenvalue weighted by Crippen LogP contribution is -2.13. The average Bonchev–Trinajstić information content (AvgIpc) is 3.02. The molecule has 0 atom stereocenters. The van der Waals surface area contributed by atoms with Crippen LogP contribution in [0.3, 0.4) is 0 Å². The van der Waals surface area contributed by atoms with E-state index >= 15 is 0 Å². The standard InChI is InChI=1S/C21H13Cl2NO/c22-17-9-5-14(6-10-17)20-13-16-3-1-2-4-19(16)24(20)21(25)15-7-11-18(23)12-8-15/h1-13H. The molecule has 0 saturated heterocycles. The normalized spacial score (nSPS) is 11.0. The molecule has 4 aromatic rings. The number of benzene rings is 3. The second kappa shape index (κ2) is 6.40. The lowest BCUT2D eigenvalue weighted by Gasteiger charge is -2.10. The van der Waals surface area contributed by atoms with E-state index in [1.54, 1.807) is 28.8 Å². The van der Waals surface area contributed by atoms with Gasteiger partial charge in [-0.1, -0.05) is 53.5 Å². The molecule has 0 radical (unpaired) electrons. The van der Waals surface area contributed by atoms with E-state index in [2.05, 4.69) is 0 Å². The van der Waals surface area contributed by atoms with Crippen LogP contribution in [-0.2, 0) is 0 Å². The van der Waals surface area contributed by atoms with Crippen LogP contribution in [0.4, 0.5) is 0 Å². The van der Waals surface area contributed by atoms with Gasteiger partial charge in [0, 0.05) is 21.0 Å². The molecule has 0 saturated carbocycles. The van der Waals surface area contributed by atoms with Gasteiger partial charge in [-0.05, 0) is 54.1 Å².